The average molecular weight is 189 g/mol. The van der Waals surface area contributed by atoms with E-state index in [0.717, 1.165) is 18.8 Å². The Morgan fingerprint density at radius 1 is 1.43 bits per heavy atom. The largest absolute Gasteiger partial charge is 0.370 e. The molecule has 74 valence electrons. The molecule has 3 nitrogen and oxygen atoms in total. The lowest BCUT2D eigenvalue weighted by Crippen LogP contribution is -2.03. The number of rotatable bonds is 4. The van der Waals surface area contributed by atoms with Crippen LogP contribution in [-0.4, -0.2) is 16.5 Å². The van der Waals surface area contributed by atoms with Crippen molar-refractivity contribution >= 4 is 5.82 Å². The fraction of sp³-hybridized carbons (Fsp3) is 0.455. The summed E-state index contributed by atoms with van der Waals surface area (Å²) in [6, 6.07) is 1.89. The first kappa shape index (κ1) is 9.19. The van der Waals surface area contributed by atoms with E-state index in [1.165, 1.54) is 19.3 Å². The van der Waals surface area contributed by atoms with Gasteiger partial charge in [-0.3, -0.25) is 0 Å². The van der Waals surface area contributed by atoms with Gasteiger partial charge in [0.05, 0.1) is 0 Å². The van der Waals surface area contributed by atoms with Crippen LogP contribution in [0.15, 0.2) is 30.2 Å². The second-order valence-electron chi connectivity index (χ2n) is 3.53. The minimum Gasteiger partial charge on any atom is -0.370 e. The van der Waals surface area contributed by atoms with Crippen LogP contribution < -0.4 is 5.32 Å². The molecule has 1 N–H and O–H groups in total. The Labute approximate surface area is 84.3 Å². The Balaban J connectivity index is 1.73. The Morgan fingerprint density at radius 2 is 2.43 bits per heavy atom. The molecule has 1 aliphatic carbocycles. The maximum Gasteiger partial charge on any atom is 0.129 e. The molecule has 0 radical (unpaired) electrons. The van der Waals surface area contributed by atoms with Crippen LogP contribution in [0.2, 0.25) is 0 Å². The zero-order valence-electron chi connectivity index (χ0n) is 8.24. The summed E-state index contributed by atoms with van der Waals surface area (Å²) in [5.41, 5.74) is 1.59. The van der Waals surface area contributed by atoms with Crippen molar-refractivity contribution in [2.45, 2.75) is 25.7 Å². The molecule has 14 heavy (non-hydrogen) atoms. The summed E-state index contributed by atoms with van der Waals surface area (Å²) in [7, 11) is 0. The Bertz CT molecular complexity index is 306. The van der Waals surface area contributed by atoms with Gasteiger partial charge in [0, 0.05) is 12.7 Å². The molecule has 0 aliphatic heterocycles. The first-order chi connectivity index (χ1) is 6.95. The molecule has 0 spiro atoms. The van der Waals surface area contributed by atoms with Gasteiger partial charge in [-0.25, -0.2) is 9.97 Å². The zero-order chi connectivity index (χ0) is 9.64. The molecule has 3 heteroatoms. The van der Waals surface area contributed by atoms with E-state index in [1.54, 1.807) is 18.1 Å². The second kappa shape index (κ2) is 4.74. The van der Waals surface area contributed by atoms with E-state index in [2.05, 4.69) is 21.4 Å². The standard InChI is InChI=1S/C11H15N3/c1-2-4-10(3-1)5-8-13-11-6-7-12-9-14-11/h3,6-7,9H,1-2,4-5,8H2,(H,12,13,14). The van der Waals surface area contributed by atoms with Gasteiger partial charge in [0.1, 0.15) is 12.1 Å². The summed E-state index contributed by atoms with van der Waals surface area (Å²) in [4.78, 5) is 7.97. The second-order valence-corrected chi connectivity index (χ2v) is 3.53. The number of nitrogens with zero attached hydrogens (tertiary/aromatic N) is 2. The van der Waals surface area contributed by atoms with Gasteiger partial charge in [0.15, 0.2) is 0 Å². The van der Waals surface area contributed by atoms with Crippen LogP contribution >= 0.6 is 0 Å². The molecule has 1 aromatic rings. The van der Waals surface area contributed by atoms with Crippen LogP contribution in [0.25, 0.3) is 0 Å². The number of nitrogens with one attached hydrogen (secondary N) is 1. The van der Waals surface area contributed by atoms with Gasteiger partial charge in [-0.05, 0) is 31.7 Å². The fourth-order valence-corrected chi connectivity index (χ4v) is 1.71. The lowest BCUT2D eigenvalue weighted by atomic mass is 10.2. The molecule has 1 heterocycles. The average Bonchev–Trinajstić information content (AvgIpc) is 2.72. The van der Waals surface area contributed by atoms with E-state index in [1.807, 2.05) is 6.07 Å². The minimum absolute atomic E-state index is 0.915. The van der Waals surface area contributed by atoms with Crippen molar-refractivity contribution in [3.05, 3.63) is 30.2 Å². The summed E-state index contributed by atoms with van der Waals surface area (Å²) in [6.45, 7) is 0.975. The molecule has 0 saturated carbocycles. The molecular formula is C11H15N3. The van der Waals surface area contributed by atoms with Crippen LogP contribution in [0.1, 0.15) is 25.7 Å². The molecule has 0 saturated heterocycles. The van der Waals surface area contributed by atoms with Gasteiger partial charge < -0.3 is 5.32 Å². The van der Waals surface area contributed by atoms with Crippen molar-refractivity contribution in [3.8, 4) is 0 Å². The number of hydrogen-bond acceptors (Lipinski definition) is 3. The maximum absolute atomic E-state index is 4.10. The van der Waals surface area contributed by atoms with E-state index < -0.39 is 0 Å². The monoisotopic (exact) mass is 189 g/mol. The lowest BCUT2D eigenvalue weighted by Gasteiger charge is -2.04. The predicted molar refractivity (Wildman–Crippen MR) is 57.1 cm³/mol. The Morgan fingerprint density at radius 3 is 3.14 bits per heavy atom. The summed E-state index contributed by atoms with van der Waals surface area (Å²) in [5.74, 6) is 0.915. The summed E-state index contributed by atoms with van der Waals surface area (Å²) in [5, 5.41) is 3.28. The van der Waals surface area contributed by atoms with Crippen LogP contribution in [-0.2, 0) is 0 Å². The maximum atomic E-state index is 4.10. The number of anilines is 1. The topological polar surface area (TPSA) is 37.8 Å². The van der Waals surface area contributed by atoms with E-state index in [-0.39, 0.29) is 0 Å². The van der Waals surface area contributed by atoms with Crippen molar-refractivity contribution in [2.75, 3.05) is 11.9 Å². The van der Waals surface area contributed by atoms with Crippen LogP contribution in [0, 0.1) is 0 Å². The minimum atomic E-state index is 0.915. The smallest absolute Gasteiger partial charge is 0.129 e. The lowest BCUT2D eigenvalue weighted by molar-refractivity contribution is 0.861. The van der Waals surface area contributed by atoms with Crippen LogP contribution in [0.4, 0.5) is 5.82 Å². The highest BCUT2D eigenvalue weighted by Crippen LogP contribution is 2.20. The molecule has 0 fully saturated rings. The molecule has 0 atom stereocenters. The molecular weight excluding hydrogens is 174 g/mol. The number of hydrogen-bond donors (Lipinski definition) is 1. The Kier molecular flexibility index (Phi) is 3.11. The normalized spacial score (nSPS) is 15.3. The van der Waals surface area contributed by atoms with Crippen LogP contribution in [0.5, 0.6) is 0 Å². The number of allylic oxidation sites excluding steroid dienone is 1. The highest BCUT2D eigenvalue weighted by atomic mass is 15.0. The van der Waals surface area contributed by atoms with Crippen LogP contribution in [0.3, 0.4) is 0 Å². The van der Waals surface area contributed by atoms with E-state index in [9.17, 15) is 0 Å². The first-order valence-electron chi connectivity index (χ1n) is 5.13. The third-order valence-electron chi connectivity index (χ3n) is 2.47. The predicted octanol–water partition coefficient (Wildman–Crippen LogP) is 2.39. The summed E-state index contributed by atoms with van der Waals surface area (Å²) >= 11 is 0. The van der Waals surface area contributed by atoms with E-state index in [0.29, 0.717) is 0 Å². The molecule has 0 aromatic carbocycles. The molecule has 2 rings (SSSR count). The van der Waals surface area contributed by atoms with Crippen molar-refractivity contribution in [1.29, 1.82) is 0 Å². The van der Waals surface area contributed by atoms with Gasteiger partial charge in [-0.2, -0.15) is 0 Å². The highest BCUT2D eigenvalue weighted by molar-refractivity contribution is 5.31. The first-order valence-corrected chi connectivity index (χ1v) is 5.13. The van der Waals surface area contributed by atoms with E-state index in [4.69, 9.17) is 0 Å². The van der Waals surface area contributed by atoms with Crippen molar-refractivity contribution in [1.82, 2.24) is 9.97 Å². The van der Waals surface area contributed by atoms with E-state index >= 15 is 0 Å². The highest BCUT2D eigenvalue weighted by Gasteiger charge is 2.03. The van der Waals surface area contributed by atoms with Gasteiger partial charge in [-0.1, -0.05) is 11.6 Å². The Hall–Kier alpha value is -1.38. The SMILES string of the molecule is C1=C(CCNc2ccncn2)CCC1. The molecule has 1 aromatic heterocycles. The molecule has 0 amide bonds. The van der Waals surface area contributed by atoms with Crippen molar-refractivity contribution in [3.63, 3.8) is 0 Å². The molecule has 0 unspecified atom stereocenters. The van der Waals surface area contributed by atoms with Gasteiger partial charge in [0.2, 0.25) is 0 Å². The summed E-state index contributed by atoms with van der Waals surface area (Å²) < 4.78 is 0. The third kappa shape index (κ3) is 2.55. The zero-order valence-corrected chi connectivity index (χ0v) is 8.24. The fourth-order valence-electron chi connectivity index (χ4n) is 1.71. The quantitative estimate of drug-likeness (QED) is 0.739. The van der Waals surface area contributed by atoms with Gasteiger partial charge >= 0.3 is 0 Å². The van der Waals surface area contributed by atoms with Gasteiger partial charge in [-0.15, -0.1) is 0 Å². The molecule has 1 aliphatic rings. The molecule has 0 bridgehead atoms. The van der Waals surface area contributed by atoms with Crippen molar-refractivity contribution in [2.24, 2.45) is 0 Å². The third-order valence-corrected chi connectivity index (χ3v) is 2.47. The number of aromatic nitrogens is 2. The van der Waals surface area contributed by atoms with Gasteiger partial charge in [0.25, 0.3) is 0 Å². The van der Waals surface area contributed by atoms with Crippen molar-refractivity contribution < 1.29 is 0 Å². The summed E-state index contributed by atoms with van der Waals surface area (Å²) in [6.07, 6.45) is 10.7.